The molecule has 0 saturated carbocycles. The van der Waals surface area contributed by atoms with E-state index in [1.807, 2.05) is 0 Å². The summed E-state index contributed by atoms with van der Waals surface area (Å²) in [6, 6.07) is 1.51. The molecule has 2 aromatic rings. The largest absolute Gasteiger partial charge is 0.478 e. The van der Waals surface area contributed by atoms with E-state index in [0.29, 0.717) is 4.47 Å². The zero-order chi connectivity index (χ0) is 13.8. The monoisotopic (exact) mass is 324 g/mol. The second-order valence-electron chi connectivity index (χ2n) is 3.66. The van der Waals surface area contributed by atoms with Gasteiger partial charge in [0.2, 0.25) is 5.75 Å². The van der Waals surface area contributed by atoms with Gasteiger partial charge in [0.25, 0.3) is 0 Å². The number of nitrogens with zero attached hydrogens (tertiary/aromatic N) is 4. The molecule has 0 amide bonds. The summed E-state index contributed by atoms with van der Waals surface area (Å²) in [5.41, 5.74) is 0.719. The molecule has 0 fully saturated rings. The highest BCUT2D eigenvalue weighted by Crippen LogP contribution is 2.31. The molecule has 0 aliphatic heterocycles. The van der Waals surface area contributed by atoms with E-state index in [4.69, 9.17) is 4.74 Å². The van der Waals surface area contributed by atoms with Crippen LogP contribution in [0.5, 0.6) is 5.75 Å². The number of aromatic nitrogens is 3. The molecule has 2 rings (SSSR count). The van der Waals surface area contributed by atoms with Crippen LogP contribution in [0, 0.1) is 10.1 Å². The highest BCUT2D eigenvalue weighted by molar-refractivity contribution is 9.10. The van der Waals surface area contributed by atoms with Crippen LogP contribution in [-0.2, 0) is 0 Å². The lowest BCUT2D eigenvalue weighted by molar-refractivity contribution is -0.390. The topological polar surface area (TPSA) is 91.0 Å². The Morgan fingerprint density at radius 3 is 2.68 bits per heavy atom. The van der Waals surface area contributed by atoms with Crippen LogP contribution in [-0.4, -0.2) is 19.9 Å². The van der Waals surface area contributed by atoms with Crippen LogP contribution in [0.25, 0.3) is 0 Å². The Morgan fingerprint density at radius 2 is 2.05 bits per heavy atom. The van der Waals surface area contributed by atoms with Crippen LogP contribution in [0.1, 0.15) is 18.6 Å². The summed E-state index contributed by atoms with van der Waals surface area (Å²) < 4.78 is 6.16. The summed E-state index contributed by atoms with van der Waals surface area (Å²) >= 11 is 3.20. The average molecular weight is 325 g/mol. The van der Waals surface area contributed by atoms with Gasteiger partial charge in [0.05, 0.1) is 4.47 Å². The van der Waals surface area contributed by atoms with Crippen LogP contribution >= 0.6 is 15.9 Å². The zero-order valence-corrected chi connectivity index (χ0v) is 11.4. The first-order chi connectivity index (χ1) is 9.08. The van der Waals surface area contributed by atoms with Gasteiger partial charge in [-0.2, -0.15) is 0 Å². The van der Waals surface area contributed by atoms with Crippen molar-refractivity contribution >= 4 is 21.7 Å². The van der Waals surface area contributed by atoms with E-state index >= 15 is 0 Å². The molecule has 0 N–H and O–H groups in total. The quantitative estimate of drug-likeness (QED) is 0.634. The number of nitro groups is 1. The predicted molar refractivity (Wildman–Crippen MR) is 69.7 cm³/mol. The number of hydrogen-bond donors (Lipinski definition) is 0. The average Bonchev–Trinajstić information content (AvgIpc) is 2.39. The van der Waals surface area contributed by atoms with E-state index in [1.165, 1.54) is 18.6 Å². The SMILES string of the molecule is C[C@@H](Oc1cc(Br)cnc1[N+](=O)[O-])c1cncnc1. The summed E-state index contributed by atoms with van der Waals surface area (Å²) in [7, 11) is 0. The molecule has 0 unspecified atom stereocenters. The Bertz CT molecular complexity index is 594. The van der Waals surface area contributed by atoms with Gasteiger partial charge in [0.15, 0.2) is 6.20 Å². The molecule has 0 saturated heterocycles. The Labute approximate surface area is 117 Å². The maximum Gasteiger partial charge on any atom is 0.406 e. The lowest BCUT2D eigenvalue weighted by atomic mass is 10.2. The van der Waals surface area contributed by atoms with Gasteiger partial charge in [0.1, 0.15) is 12.4 Å². The van der Waals surface area contributed by atoms with E-state index in [-0.39, 0.29) is 11.6 Å². The summed E-state index contributed by atoms with van der Waals surface area (Å²) in [6.45, 7) is 1.75. The Kier molecular flexibility index (Phi) is 4.00. The number of ether oxygens (including phenoxy) is 1. The number of rotatable bonds is 4. The summed E-state index contributed by atoms with van der Waals surface area (Å²) in [5, 5.41) is 10.9. The maximum atomic E-state index is 10.9. The molecular weight excluding hydrogens is 316 g/mol. The summed E-state index contributed by atoms with van der Waals surface area (Å²) in [4.78, 5) is 21.8. The fourth-order valence-corrected chi connectivity index (χ4v) is 1.73. The Morgan fingerprint density at radius 1 is 1.37 bits per heavy atom. The van der Waals surface area contributed by atoms with Crippen LogP contribution < -0.4 is 4.74 Å². The van der Waals surface area contributed by atoms with Gasteiger partial charge < -0.3 is 14.9 Å². The first kappa shape index (κ1) is 13.3. The van der Waals surface area contributed by atoms with Crippen molar-refractivity contribution < 1.29 is 9.66 Å². The Balaban J connectivity index is 2.28. The molecule has 0 spiro atoms. The van der Waals surface area contributed by atoms with Crippen molar-refractivity contribution in [2.45, 2.75) is 13.0 Å². The van der Waals surface area contributed by atoms with Gasteiger partial charge in [-0.3, -0.25) is 0 Å². The van der Waals surface area contributed by atoms with Crippen molar-refractivity contribution in [2.75, 3.05) is 0 Å². The standard InChI is InChI=1S/C11H9BrN4O3/c1-7(8-3-13-6-14-4-8)19-10-2-9(12)5-15-11(10)16(17)18/h2-7H,1H3/t7-/m1/s1. The summed E-state index contributed by atoms with van der Waals surface area (Å²) in [6.07, 6.45) is 5.51. The predicted octanol–water partition coefficient (Wildman–Crippen LogP) is 2.68. The Hall–Kier alpha value is -2.09. The normalized spacial score (nSPS) is 11.9. The van der Waals surface area contributed by atoms with E-state index in [1.54, 1.807) is 19.3 Å². The van der Waals surface area contributed by atoms with Gasteiger partial charge >= 0.3 is 5.82 Å². The smallest absolute Gasteiger partial charge is 0.406 e. The highest BCUT2D eigenvalue weighted by Gasteiger charge is 2.20. The molecule has 0 aliphatic rings. The van der Waals surface area contributed by atoms with Crippen molar-refractivity contribution in [1.29, 1.82) is 0 Å². The molecule has 2 aromatic heterocycles. The molecule has 7 nitrogen and oxygen atoms in total. The molecule has 0 bridgehead atoms. The van der Waals surface area contributed by atoms with Crippen molar-refractivity contribution in [3.05, 3.63) is 51.1 Å². The van der Waals surface area contributed by atoms with Crippen LogP contribution in [0.15, 0.2) is 35.5 Å². The van der Waals surface area contributed by atoms with Crippen LogP contribution in [0.3, 0.4) is 0 Å². The minimum atomic E-state index is -0.587. The molecule has 0 aromatic carbocycles. The fourth-order valence-electron chi connectivity index (χ4n) is 1.42. The third-order valence-electron chi connectivity index (χ3n) is 2.33. The zero-order valence-electron chi connectivity index (χ0n) is 9.86. The molecular formula is C11H9BrN4O3. The minimum absolute atomic E-state index is 0.0933. The maximum absolute atomic E-state index is 10.9. The van der Waals surface area contributed by atoms with Crippen LogP contribution in [0.4, 0.5) is 5.82 Å². The molecule has 1 atom stereocenters. The summed E-state index contributed by atoms with van der Waals surface area (Å²) in [5.74, 6) is -0.234. The highest BCUT2D eigenvalue weighted by atomic mass is 79.9. The van der Waals surface area contributed by atoms with E-state index in [9.17, 15) is 10.1 Å². The number of pyridine rings is 1. The van der Waals surface area contributed by atoms with Crippen molar-refractivity contribution in [3.8, 4) is 5.75 Å². The molecule has 19 heavy (non-hydrogen) atoms. The molecule has 2 heterocycles. The third kappa shape index (κ3) is 3.22. The molecule has 98 valence electrons. The third-order valence-corrected chi connectivity index (χ3v) is 2.76. The second-order valence-corrected chi connectivity index (χ2v) is 4.58. The first-order valence-corrected chi connectivity index (χ1v) is 6.08. The van der Waals surface area contributed by atoms with Crippen molar-refractivity contribution in [1.82, 2.24) is 15.0 Å². The van der Waals surface area contributed by atoms with Gasteiger partial charge in [-0.1, -0.05) is 0 Å². The lowest BCUT2D eigenvalue weighted by Crippen LogP contribution is -2.06. The van der Waals surface area contributed by atoms with E-state index in [0.717, 1.165) is 5.56 Å². The first-order valence-electron chi connectivity index (χ1n) is 5.29. The molecule has 0 radical (unpaired) electrons. The van der Waals surface area contributed by atoms with Gasteiger partial charge in [0, 0.05) is 24.0 Å². The number of halogens is 1. The van der Waals surface area contributed by atoms with Crippen molar-refractivity contribution in [3.63, 3.8) is 0 Å². The lowest BCUT2D eigenvalue weighted by Gasteiger charge is -2.13. The van der Waals surface area contributed by atoms with Gasteiger partial charge in [-0.05, 0) is 32.8 Å². The fraction of sp³-hybridized carbons (Fsp3) is 0.182. The van der Waals surface area contributed by atoms with Gasteiger partial charge in [-0.15, -0.1) is 0 Å². The molecule has 8 heteroatoms. The van der Waals surface area contributed by atoms with Gasteiger partial charge in [-0.25, -0.2) is 9.97 Å². The van der Waals surface area contributed by atoms with E-state index < -0.39 is 11.0 Å². The molecule has 0 aliphatic carbocycles. The van der Waals surface area contributed by atoms with E-state index in [2.05, 4.69) is 30.9 Å². The van der Waals surface area contributed by atoms with Crippen LogP contribution in [0.2, 0.25) is 0 Å². The van der Waals surface area contributed by atoms with Crippen molar-refractivity contribution in [2.24, 2.45) is 0 Å². The minimum Gasteiger partial charge on any atom is -0.478 e. The number of hydrogen-bond acceptors (Lipinski definition) is 6. The second kappa shape index (κ2) is 5.70.